The predicted octanol–water partition coefficient (Wildman–Crippen LogP) is 2.80. The molecule has 1 saturated heterocycles. The minimum absolute atomic E-state index is 0.0718. The van der Waals surface area contributed by atoms with Crippen molar-refractivity contribution in [3.8, 4) is 11.1 Å². The molecule has 0 atom stereocenters. The Morgan fingerprint density at radius 1 is 1.00 bits per heavy atom. The molecule has 2 aromatic carbocycles. The van der Waals surface area contributed by atoms with E-state index >= 15 is 0 Å². The highest BCUT2D eigenvalue weighted by atomic mass is 32.2. The van der Waals surface area contributed by atoms with E-state index in [4.69, 9.17) is 0 Å². The van der Waals surface area contributed by atoms with Crippen LogP contribution in [0.15, 0.2) is 48.5 Å². The molecule has 2 aromatic rings. The van der Waals surface area contributed by atoms with Crippen LogP contribution in [0, 0.1) is 0 Å². The first-order valence-corrected chi connectivity index (χ1v) is 9.12. The van der Waals surface area contributed by atoms with Crippen molar-refractivity contribution in [3.05, 3.63) is 54.1 Å². The van der Waals surface area contributed by atoms with E-state index in [2.05, 4.69) is 4.72 Å². The molecule has 0 aliphatic carbocycles. The summed E-state index contributed by atoms with van der Waals surface area (Å²) in [6.45, 7) is 0.909. The molecule has 1 heterocycles. The Morgan fingerprint density at radius 2 is 1.67 bits per heavy atom. The number of aromatic carboxylic acids is 1. The van der Waals surface area contributed by atoms with E-state index in [1.165, 1.54) is 10.4 Å². The van der Waals surface area contributed by atoms with Crippen LogP contribution in [0.4, 0.5) is 5.69 Å². The second kappa shape index (κ2) is 6.62. The van der Waals surface area contributed by atoms with Crippen LogP contribution in [-0.4, -0.2) is 36.9 Å². The van der Waals surface area contributed by atoms with Gasteiger partial charge < -0.3 is 5.11 Å². The van der Waals surface area contributed by atoms with Gasteiger partial charge in [-0.15, -0.1) is 0 Å². The van der Waals surface area contributed by atoms with E-state index in [0.29, 0.717) is 13.1 Å². The van der Waals surface area contributed by atoms with E-state index in [0.717, 1.165) is 24.0 Å². The molecule has 0 aromatic heterocycles. The first-order valence-electron chi connectivity index (χ1n) is 7.68. The summed E-state index contributed by atoms with van der Waals surface area (Å²) in [5.41, 5.74) is 1.64. The van der Waals surface area contributed by atoms with Gasteiger partial charge in [-0.25, -0.2) is 4.79 Å². The number of benzene rings is 2. The predicted molar refractivity (Wildman–Crippen MR) is 92.2 cm³/mol. The molecular formula is C17H18N2O4S. The van der Waals surface area contributed by atoms with Crippen LogP contribution in [0.1, 0.15) is 23.2 Å². The summed E-state index contributed by atoms with van der Waals surface area (Å²) in [6, 6.07) is 14.0. The highest BCUT2D eigenvalue weighted by molar-refractivity contribution is 7.90. The zero-order valence-electron chi connectivity index (χ0n) is 13.0. The van der Waals surface area contributed by atoms with Crippen molar-refractivity contribution in [1.29, 1.82) is 0 Å². The fourth-order valence-corrected chi connectivity index (χ4v) is 4.07. The van der Waals surface area contributed by atoms with Crippen molar-refractivity contribution in [3.63, 3.8) is 0 Å². The van der Waals surface area contributed by atoms with E-state index in [9.17, 15) is 18.3 Å². The smallest absolute Gasteiger partial charge is 0.337 e. The summed E-state index contributed by atoms with van der Waals surface area (Å²) < 4.78 is 28.7. The third-order valence-corrected chi connectivity index (χ3v) is 5.52. The molecule has 1 aliphatic rings. The minimum Gasteiger partial charge on any atom is -0.478 e. The van der Waals surface area contributed by atoms with Gasteiger partial charge in [-0.2, -0.15) is 12.7 Å². The maximum Gasteiger partial charge on any atom is 0.337 e. The highest BCUT2D eigenvalue weighted by Crippen LogP contribution is 2.27. The van der Waals surface area contributed by atoms with Crippen molar-refractivity contribution in [2.24, 2.45) is 0 Å². The van der Waals surface area contributed by atoms with E-state index in [-0.39, 0.29) is 11.3 Å². The molecule has 0 saturated carbocycles. The Labute approximate surface area is 140 Å². The van der Waals surface area contributed by atoms with Gasteiger partial charge in [-0.3, -0.25) is 4.72 Å². The SMILES string of the molecule is O=C(O)c1ccc(-c2ccccc2)cc1NS(=O)(=O)N1CCCC1. The van der Waals surface area contributed by atoms with E-state index in [1.54, 1.807) is 12.1 Å². The molecule has 1 aliphatic heterocycles. The van der Waals surface area contributed by atoms with Gasteiger partial charge in [0.25, 0.3) is 0 Å². The molecule has 126 valence electrons. The van der Waals surface area contributed by atoms with Crippen LogP contribution in [0.2, 0.25) is 0 Å². The molecule has 7 heteroatoms. The summed E-state index contributed by atoms with van der Waals surface area (Å²) >= 11 is 0. The minimum atomic E-state index is -3.75. The Kier molecular flexibility index (Phi) is 4.55. The third-order valence-electron chi connectivity index (χ3n) is 4.00. The normalized spacial score (nSPS) is 15.3. The lowest BCUT2D eigenvalue weighted by molar-refractivity contribution is 0.0698. The second-order valence-corrected chi connectivity index (χ2v) is 7.32. The van der Waals surface area contributed by atoms with Gasteiger partial charge in [0.1, 0.15) is 0 Å². The summed E-state index contributed by atoms with van der Waals surface area (Å²) in [5, 5.41) is 9.34. The lowest BCUT2D eigenvalue weighted by Gasteiger charge is -2.18. The molecule has 0 spiro atoms. The Bertz CT molecular complexity index is 844. The molecule has 0 unspecified atom stereocenters. The Morgan fingerprint density at radius 3 is 2.29 bits per heavy atom. The monoisotopic (exact) mass is 346 g/mol. The number of anilines is 1. The zero-order valence-corrected chi connectivity index (χ0v) is 13.8. The number of rotatable bonds is 5. The number of hydrogen-bond acceptors (Lipinski definition) is 3. The van der Waals surface area contributed by atoms with Crippen molar-refractivity contribution >= 4 is 21.9 Å². The van der Waals surface area contributed by atoms with Gasteiger partial charge in [-0.1, -0.05) is 36.4 Å². The largest absolute Gasteiger partial charge is 0.478 e. The van der Waals surface area contributed by atoms with Gasteiger partial charge in [0.05, 0.1) is 11.3 Å². The quantitative estimate of drug-likeness (QED) is 0.871. The first kappa shape index (κ1) is 16.5. The topological polar surface area (TPSA) is 86.7 Å². The molecule has 0 amide bonds. The first-order chi connectivity index (χ1) is 11.5. The van der Waals surface area contributed by atoms with Crippen molar-refractivity contribution in [2.45, 2.75) is 12.8 Å². The maximum atomic E-state index is 12.4. The van der Waals surface area contributed by atoms with Crippen LogP contribution in [-0.2, 0) is 10.2 Å². The highest BCUT2D eigenvalue weighted by Gasteiger charge is 2.26. The Hall–Kier alpha value is -2.38. The molecular weight excluding hydrogens is 328 g/mol. The Balaban J connectivity index is 1.99. The van der Waals surface area contributed by atoms with Crippen molar-refractivity contribution in [2.75, 3.05) is 17.8 Å². The summed E-state index contributed by atoms with van der Waals surface area (Å²) in [5.74, 6) is -1.17. The lowest BCUT2D eigenvalue weighted by Crippen LogP contribution is -2.33. The van der Waals surface area contributed by atoms with Gasteiger partial charge in [0, 0.05) is 13.1 Å². The summed E-state index contributed by atoms with van der Waals surface area (Å²) in [7, 11) is -3.75. The van der Waals surface area contributed by atoms with Gasteiger partial charge in [0.2, 0.25) is 0 Å². The van der Waals surface area contributed by atoms with Crippen molar-refractivity contribution in [1.82, 2.24) is 4.31 Å². The number of nitrogens with zero attached hydrogens (tertiary/aromatic N) is 1. The van der Waals surface area contributed by atoms with Crippen LogP contribution in [0.5, 0.6) is 0 Å². The van der Waals surface area contributed by atoms with Crippen LogP contribution in [0.3, 0.4) is 0 Å². The fraction of sp³-hybridized carbons (Fsp3) is 0.235. The van der Waals surface area contributed by atoms with E-state index in [1.807, 2.05) is 30.3 Å². The van der Waals surface area contributed by atoms with Gasteiger partial charge in [0.15, 0.2) is 0 Å². The number of hydrogen-bond donors (Lipinski definition) is 2. The van der Waals surface area contributed by atoms with Crippen LogP contribution >= 0.6 is 0 Å². The maximum absolute atomic E-state index is 12.4. The average molecular weight is 346 g/mol. The van der Waals surface area contributed by atoms with Crippen molar-refractivity contribution < 1.29 is 18.3 Å². The van der Waals surface area contributed by atoms with E-state index < -0.39 is 16.2 Å². The lowest BCUT2D eigenvalue weighted by atomic mass is 10.0. The third kappa shape index (κ3) is 3.42. The number of nitrogens with one attached hydrogen (secondary N) is 1. The molecule has 0 bridgehead atoms. The summed E-state index contributed by atoms with van der Waals surface area (Å²) in [6.07, 6.45) is 1.63. The zero-order chi connectivity index (χ0) is 17.2. The van der Waals surface area contributed by atoms with Crippen LogP contribution in [0.25, 0.3) is 11.1 Å². The fourth-order valence-electron chi connectivity index (χ4n) is 2.76. The molecule has 1 fully saturated rings. The van der Waals surface area contributed by atoms with Gasteiger partial charge in [-0.05, 0) is 36.1 Å². The molecule has 6 nitrogen and oxygen atoms in total. The average Bonchev–Trinajstić information content (AvgIpc) is 3.10. The standard InChI is InChI=1S/C17H18N2O4S/c20-17(21)15-9-8-14(13-6-2-1-3-7-13)12-16(15)18-24(22,23)19-10-4-5-11-19/h1-3,6-9,12,18H,4-5,10-11H2,(H,20,21). The second-order valence-electron chi connectivity index (χ2n) is 5.64. The number of carbonyl (C=O) groups is 1. The molecule has 24 heavy (non-hydrogen) atoms. The molecule has 0 radical (unpaired) electrons. The molecule has 3 rings (SSSR count). The van der Waals surface area contributed by atoms with Gasteiger partial charge >= 0.3 is 16.2 Å². The molecule has 2 N–H and O–H groups in total. The van der Waals surface area contributed by atoms with Crippen LogP contribution < -0.4 is 4.72 Å². The number of carboxylic acid groups (broad SMARTS) is 1. The number of carboxylic acids is 1. The summed E-state index contributed by atoms with van der Waals surface area (Å²) in [4.78, 5) is 11.4.